The maximum absolute atomic E-state index is 10.9. The molecule has 0 bridgehead atoms. The van der Waals surface area contributed by atoms with E-state index in [2.05, 4.69) is 0 Å². The molecular formula is C15H16N2O6. The lowest BCUT2D eigenvalue weighted by Gasteiger charge is -2.09. The van der Waals surface area contributed by atoms with Crippen LogP contribution in [0.4, 0.5) is 11.4 Å². The van der Waals surface area contributed by atoms with E-state index < -0.39 is 21.2 Å². The molecule has 0 fully saturated rings. The standard InChI is InChI=1S/C9H10N2O6.C6H6/c1-5-4-6(16-2)9(17-3)8(11(14)15)7(5)10(12)13;1-2-4-6-5-3-1/h4H,1-3H3;1-6H. The zero-order chi connectivity index (χ0) is 17.4. The Balaban J connectivity index is 0.000000366. The average molecular weight is 320 g/mol. The minimum absolute atomic E-state index is 0.0855. The van der Waals surface area contributed by atoms with E-state index in [1.165, 1.54) is 27.2 Å². The van der Waals surface area contributed by atoms with Crippen LogP contribution >= 0.6 is 0 Å². The van der Waals surface area contributed by atoms with Gasteiger partial charge in [-0.05, 0) is 13.0 Å². The molecule has 0 aromatic heterocycles. The molecule has 0 aliphatic heterocycles. The van der Waals surface area contributed by atoms with Crippen LogP contribution in [0, 0.1) is 27.2 Å². The molecule has 0 saturated carbocycles. The first-order valence-electron chi connectivity index (χ1n) is 6.48. The van der Waals surface area contributed by atoms with Gasteiger partial charge in [0.1, 0.15) is 0 Å². The Morgan fingerprint density at radius 2 is 1.26 bits per heavy atom. The lowest BCUT2D eigenvalue weighted by Crippen LogP contribution is -2.03. The summed E-state index contributed by atoms with van der Waals surface area (Å²) < 4.78 is 9.69. The highest BCUT2D eigenvalue weighted by molar-refractivity contribution is 5.70. The van der Waals surface area contributed by atoms with Crippen LogP contribution in [-0.4, -0.2) is 24.1 Å². The quantitative estimate of drug-likeness (QED) is 0.630. The van der Waals surface area contributed by atoms with Crippen LogP contribution in [-0.2, 0) is 0 Å². The van der Waals surface area contributed by atoms with Gasteiger partial charge in [0.05, 0.1) is 24.1 Å². The second-order valence-electron chi connectivity index (χ2n) is 4.30. The van der Waals surface area contributed by atoms with E-state index in [4.69, 9.17) is 9.47 Å². The summed E-state index contributed by atoms with van der Waals surface area (Å²) in [6.45, 7) is 1.40. The Kier molecular flexibility index (Phi) is 6.47. The van der Waals surface area contributed by atoms with Gasteiger partial charge in [-0.15, -0.1) is 0 Å². The zero-order valence-corrected chi connectivity index (χ0v) is 12.9. The molecule has 0 aliphatic carbocycles. The van der Waals surface area contributed by atoms with Gasteiger partial charge in [-0.2, -0.15) is 0 Å². The molecular weight excluding hydrogens is 304 g/mol. The molecule has 0 radical (unpaired) electrons. The molecule has 8 heteroatoms. The van der Waals surface area contributed by atoms with Gasteiger partial charge in [0, 0.05) is 5.56 Å². The van der Waals surface area contributed by atoms with Crippen molar-refractivity contribution in [3.63, 3.8) is 0 Å². The van der Waals surface area contributed by atoms with E-state index in [0.29, 0.717) is 0 Å². The number of nitro groups is 2. The Morgan fingerprint density at radius 1 is 0.826 bits per heavy atom. The molecule has 2 rings (SSSR count). The van der Waals surface area contributed by atoms with E-state index >= 15 is 0 Å². The molecule has 0 N–H and O–H groups in total. The van der Waals surface area contributed by atoms with E-state index in [-0.39, 0.29) is 17.1 Å². The normalized spacial score (nSPS) is 9.35. The Bertz CT molecular complexity index is 661. The third kappa shape index (κ3) is 4.40. The first-order valence-corrected chi connectivity index (χ1v) is 6.48. The van der Waals surface area contributed by atoms with Crippen molar-refractivity contribution < 1.29 is 19.3 Å². The van der Waals surface area contributed by atoms with Gasteiger partial charge >= 0.3 is 11.4 Å². The van der Waals surface area contributed by atoms with Crippen LogP contribution in [0.5, 0.6) is 11.5 Å². The molecule has 0 amide bonds. The number of hydrogen-bond donors (Lipinski definition) is 0. The van der Waals surface area contributed by atoms with Gasteiger partial charge in [-0.25, -0.2) is 0 Å². The van der Waals surface area contributed by atoms with Crippen molar-refractivity contribution in [2.45, 2.75) is 6.92 Å². The van der Waals surface area contributed by atoms with Gasteiger partial charge in [0.25, 0.3) is 0 Å². The fourth-order valence-electron chi connectivity index (χ4n) is 1.88. The highest BCUT2D eigenvalue weighted by Crippen LogP contribution is 2.45. The molecule has 2 aromatic carbocycles. The van der Waals surface area contributed by atoms with Crippen molar-refractivity contribution in [2.75, 3.05) is 14.2 Å². The van der Waals surface area contributed by atoms with Gasteiger partial charge < -0.3 is 9.47 Å². The number of rotatable bonds is 4. The van der Waals surface area contributed by atoms with Gasteiger partial charge in [0.15, 0.2) is 5.75 Å². The first kappa shape index (κ1) is 17.9. The number of aryl methyl sites for hydroxylation is 1. The molecule has 0 saturated heterocycles. The summed E-state index contributed by atoms with van der Waals surface area (Å²) in [6, 6.07) is 13.3. The number of methoxy groups -OCH3 is 2. The molecule has 0 aliphatic rings. The highest BCUT2D eigenvalue weighted by Gasteiger charge is 2.35. The number of benzene rings is 2. The minimum Gasteiger partial charge on any atom is -0.493 e. The van der Waals surface area contributed by atoms with Crippen molar-refractivity contribution in [1.82, 2.24) is 0 Å². The van der Waals surface area contributed by atoms with Crippen LogP contribution in [0.1, 0.15) is 5.56 Å². The fraction of sp³-hybridized carbons (Fsp3) is 0.200. The second kappa shape index (κ2) is 8.32. The van der Waals surface area contributed by atoms with E-state index in [0.717, 1.165) is 0 Å². The Hall–Kier alpha value is -3.16. The van der Waals surface area contributed by atoms with Crippen molar-refractivity contribution in [1.29, 1.82) is 0 Å². The van der Waals surface area contributed by atoms with E-state index in [1.807, 2.05) is 36.4 Å². The third-order valence-corrected chi connectivity index (χ3v) is 2.84. The smallest absolute Gasteiger partial charge is 0.391 e. The van der Waals surface area contributed by atoms with Crippen molar-refractivity contribution >= 4 is 11.4 Å². The van der Waals surface area contributed by atoms with Gasteiger partial charge in [-0.3, -0.25) is 20.2 Å². The van der Waals surface area contributed by atoms with Crippen LogP contribution in [0.2, 0.25) is 0 Å². The molecule has 122 valence electrons. The number of hydrogen-bond acceptors (Lipinski definition) is 6. The number of nitro benzene ring substituents is 2. The van der Waals surface area contributed by atoms with Gasteiger partial charge in [-0.1, -0.05) is 36.4 Å². The lowest BCUT2D eigenvalue weighted by atomic mass is 10.1. The maximum Gasteiger partial charge on any atom is 0.391 e. The fourth-order valence-corrected chi connectivity index (χ4v) is 1.88. The molecule has 8 nitrogen and oxygen atoms in total. The van der Waals surface area contributed by atoms with Crippen molar-refractivity contribution in [2.24, 2.45) is 0 Å². The Labute approximate surface area is 132 Å². The van der Waals surface area contributed by atoms with Crippen LogP contribution < -0.4 is 9.47 Å². The summed E-state index contributed by atoms with van der Waals surface area (Å²) >= 11 is 0. The lowest BCUT2D eigenvalue weighted by molar-refractivity contribution is -0.423. The predicted molar refractivity (Wildman–Crippen MR) is 84.0 cm³/mol. The maximum atomic E-state index is 10.9. The molecule has 0 spiro atoms. The van der Waals surface area contributed by atoms with Crippen molar-refractivity contribution in [3.8, 4) is 11.5 Å². The third-order valence-electron chi connectivity index (χ3n) is 2.84. The number of nitrogens with zero attached hydrogens (tertiary/aromatic N) is 2. The Morgan fingerprint density at radius 3 is 1.57 bits per heavy atom. The van der Waals surface area contributed by atoms with E-state index in [1.54, 1.807) is 0 Å². The van der Waals surface area contributed by atoms with E-state index in [9.17, 15) is 20.2 Å². The molecule has 0 atom stereocenters. The zero-order valence-electron chi connectivity index (χ0n) is 12.9. The summed E-state index contributed by atoms with van der Waals surface area (Å²) in [7, 11) is 2.48. The topological polar surface area (TPSA) is 105 Å². The summed E-state index contributed by atoms with van der Waals surface area (Å²) in [5.74, 6) is -0.169. The van der Waals surface area contributed by atoms with Crippen LogP contribution in [0.25, 0.3) is 0 Å². The van der Waals surface area contributed by atoms with Gasteiger partial charge in [0.2, 0.25) is 5.75 Å². The SMILES string of the molecule is COc1cc(C)c([N+](=O)[O-])c([N+](=O)[O-])c1OC.c1ccccc1. The molecule has 2 aromatic rings. The van der Waals surface area contributed by atoms with Crippen LogP contribution in [0.15, 0.2) is 42.5 Å². The molecule has 0 unspecified atom stereocenters. The predicted octanol–water partition coefficient (Wildman–Crippen LogP) is 3.52. The summed E-state index contributed by atoms with van der Waals surface area (Å²) in [6.07, 6.45) is 0. The minimum atomic E-state index is -0.855. The highest BCUT2D eigenvalue weighted by atomic mass is 16.6. The molecule has 0 heterocycles. The van der Waals surface area contributed by atoms with Crippen LogP contribution in [0.3, 0.4) is 0 Å². The number of ether oxygens (including phenoxy) is 2. The first-order chi connectivity index (χ1) is 10.9. The second-order valence-corrected chi connectivity index (χ2v) is 4.30. The largest absolute Gasteiger partial charge is 0.493 e. The summed E-state index contributed by atoms with van der Waals surface area (Å²) in [5, 5.41) is 21.7. The average Bonchev–Trinajstić information content (AvgIpc) is 2.55. The summed E-state index contributed by atoms with van der Waals surface area (Å²) in [5.41, 5.74) is -1.15. The van der Waals surface area contributed by atoms with Crippen molar-refractivity contribution in [3.05, 3.63) is 68.3 Å². The monoisotopic (exact) mass is 320 g/mol. The summed E-state index contributed by atoms with van der Waals surface area (Å²) in [4.78, 5) is 20.0. The molecule has 23 heavy (non-hydrogen) atoms.